The number of likely N-dealkylation sites (tertiary alicyclic amines) is 1. The lowest BCUT2D eigenvalue weighted by Gasteiger charge is -2.33. The number of carbonyl (C=O) groups excluding carboxylic acids is 1. The second-order valence-electron chi connectivity index (χ2n) is 6.63. The van der Waals surface area contributed by atoms with Gasteiger partial charge in [0.15, 0.2) is 0 Å². The number of nitrogens with one attached hydrogen (secondary N) is 1. The summed E-state index contributed by atoms with van der Waals surface area (Å²) in [6.45, 7) is 3.48. The maximum Gasteiger partial charge on any atom is 0.317 e. The fourth-order valence-corrected chi connectivity index (χ4v) is 3.49. The zero-order valence-electron chi connectivity index (χ0n) is 15.6. The van der Waals surface area contributed by atoms with Crippen molar-refractivity contribution in [2.75, 3.05) is 27.3 Å². The highest BCUT2D eigenvalue weighted by Crippen LogP contribution is 2.29. The van der Waals surface area contributed by atoms with E-state index in [-0.39, 0.29) is 12.1 Å². The van der Waals surface area contributed by atoms with Crippen LogP contribution in [0.25, 0.3) is 0 Å². The van der Waals surface area contributed by atoms with Crippen LogP contribution in [-0.4, -0.2) is 42.8 Å². The van der Waals surface area contributed by atoms with Gasteiger partial charge in [-0.1, -0.05) is 0 Å². The predicted molar refractivity (Wildman–Crippen MR) is 101 cm³/mol. The van der Waals surface area contributed by atoms with Crippen molar-refractivity contribution in [3.63, 3.8) is 0 Å². The minimum absolute atomic E-state index is 0.0340. The van der Waals surface area contributed by atoms with E-state index in [1.54, 1.807) is 14.2 Å². The number of amides is 2. The number of urea groups is 1. The highest BCUT2D eigenvalue weighted by Gasteiger charge is 2.25. The second-order valence-corrected chi connectivity index (χ2v) is 6.63. The monoisotopic (exact) mass is 357 g/mol. The summed E-state index contributed by atoms with van der Waals surface area (Å²) in [7, 11) is 3.26. The van der Waals surface area contributed by atoms with Gasteiger partial charge in [-0.3, -0.25) is 0 Å². The Morgan fingerprint density at radius 1 is 1.15 bits per heavy atom. The van der Waals surface area contributed by atoms with Crippen LogP contribution < -0.4 is 14.8 Å². The third kappa shape index (κ3) is 3.95. The molecule has 2 aromatic rings. The van der Waals surface area contributed by atoms with Gasteiger partial charge in [-0.15, -0.1) is 0 Å². The number of aromatic nitrogens is 1. The molecule has 3 rings (SSSR count). The predicted octanol–water partition coefficient (Wildman–Crippen LogP) is 3.61. The first-order chi connectivity index (χ1) is 12.6. The molecule has 2 amide bonds. The normalized spacial score (nSPS) is 16.2. The first-order valence-corrected chi connectivity index (χ1v) is 9.02. The van der Waals surface area contributed by atoms with E-state index < -0.39 is 0 Å². The third-order valence-corrected chi connectivity index (χ3v) is 5.04. The number of piperidine rings is 1. The highest BCUT2D eigenvalue weighted by atomic mass is 16.5. The summed E-state index contributed by atoms with van der Waals surface area (Å²) in [5.74, 6) is 1.49. The summed E-state index contributed by atoms with van der Waals surface area (Å²) in [5.41, 5.74) is 0.905. The number of methoxy groups -OCH3 is 2. The summed E-state index contributed by atoms with van der Waals surface area (Å²) in [5, 5.41) is 3.09. The molecule has 0 saturated carbocycles. The molecule has 6 nitrogen and oxygen atoms in total. The molecule has 140 valence electrons. The van der Waals surface area contributed by atoms with Gasteiger partial charge in [-0.2, -0.15) is 0 Å². The number of hydrogen-bond donors (Lipinski definition) is 1. The van der Waals surface area contributed by atoms with Crippen LogP contribution in [-0.2, 0) is 0 Å². The van der Waals surface area contributed by atoms with Crippen molar-refractivity contribution >= 4 is 6.03 Å². The Balaban J connectivity index is 1.60. The molecule has 0 spiro atoms. The molecule has 0 unspecified atom stereocenters. The van der Waals surface area contributed by atoms with Crippen molar-refractivity contribution in [1.29, 1.82) is 0 Å². The molecule has 1 saturated heterocycles. The van der Waals surface area contributed by atoms with E-state index in [2.05, 4.69) is 22.3 Å². The molecule has 1 aromatic heterocycles. The molecule has 1 aromatic carbocycles. The number of carbonyl (C=O) groups is 1. The Bertz CT molecular complexity index is 722. The SMILES string of the molecule is COc1ccc(OC)c([C@@H](C)NC(=O)N2CCC(n3cccc3)CC2)c1. The summed E-state index contributed by atoms with van der Waals surface area (Å²) in [4.78, 5) is 14.6. The van der Waals surface area contributed by atoms with E-state index in [1.165, 1.54) is 0 Å². The van der Waals surface area contributed by atoms with Crippen molar-refractivity contribution < 1.29 is 14.3 Å². The molecule has 0 radical (unpaired) electrons. The fraction of sp³-hybridized carbons (Fsp3) is 0.450. The van der Waals surface area contributed by atoms with E-state index in [1.807, 2.05) is 42.2 Å². The topological polar surface area (TPSA) is 55.7 Å². The number of nitrogens with zero attached hydrogens (tertiary/aromatic N) is 2. The number of rotatable bonds is 5. The molecule has 1 N–H and O–H groups in total. The average molecular weight is 357 g/mol. The van der Waals surface area contributed by atoms with Crippen LogP contribution in [0.2, 0.25) is 0 Å². The third-order valence-electron chi connectivity index (χ3n) is 5.04. The largest absolute Gasteiger partial charge is 0.497 e. The van der Waals surface area contributed by atoms with E-state index in [0.29, 0.717) is 6.04 Å². The van der Waals surface area contributed by atoms with Gasteiger partial charge in [-0.05, 0) is 50.1 Å². The van der Waals surface area contributed by atoms with Crippen molar-refractivity contribution in [1.82, 2.24) is 14.8 Å². The zero-order valence-corrected chi connectivity index (χ0v) is 15.6. The van der Waals surface area contributed by atoms with Gasteiger partial charge in [0, 0.05) is 37.1 Å². The van der Waals surface area contributed by atoms with Crippen molar-refractivity contribution in [2.24, 2.45) is 0 Å². The molecule has 1 fully saturated rings. The minimum Gasteiger partial charge on any atom is -0.497 e. The first-order valence-electron chi connectivity index (χ1n) is 9.02. The van der Waals surface area contributed by atoms with Crippen LogP contribution in [0.5, 0.6) is 11.5 Å². The van der Waals surface area contributed by atoms with Gasteiger partial charge >= 0.3 is 6.03 Å². The van der Waals surface area contributed by atoms with Gasteiger partial charge in [0.1, 0.15) is 11.5 Å². The minimum atomic E-state index is -0.172. The molecule has 1 atom stereocenters. The van der Waals surface area contributed by atoms with Crippen LogP contribution in [0.4, 0.5) is 4.79 Å². The van der Waals surface area contributed by atoms with Gasteiger partial charge in [0.2, 0.25) is 0 Å². The molecule has 0 aliphatic carbocycles. The highest BCUT2D eigenvalue weighted by molar-refractivity contribution is 5.75. The summed E-state index contributed by atoms with van der Waals surface area (Å²) in [6, 6.07) is 9.97. The van der Waals surface area contributed by atoms with E-state index in [9.17, 15) is 4.79 Å². The van der Waals surface area contributed by atoms with Crippen LogP contribution in [0.1, 0.15) is 37.4 Å². The summed E-state index contributed by atoms with van der Waals surface area (Å²) < 4.78 is 13.0. The van der Waals surface area contributed by atoms with Crippen LogP contribution in [0.15, 0.2) is 42.7 Å². The lowest BCUT2D eigenvalue weighted by Crippen LogP contribution is -2.45. The van der Waals surface area contributed by atoms with E-state index >= 15 is 0 Å². The van der Waals surface area contributed by atoms with Crippen LogP contribution >= 0.6 is 0 Å². The maximum atomic E-state index is 12.7. The van der Waals surface area contributed by atoms with Gasteiger partial charge in [0.05, 0.1) is 20.3 Å². The standard InChI is InChI=1S/C20H27N3O3/c1-15(18-14-17(25-2)6-7-19(18)26-3)21-20(24)23-12-8-16(9-13-23)22-10-4-5-11-22/h4-7,10-11,14-16H,8-9,12-13H2,1-3H3,(H,21,24)/t15-/m1/s1. The second kappa shape index (κ2) is 8.17. The molecule has 26 heavy (non-hydrogen) atoms. The van der Waals surface area contributed by atoms with E-state index in [0.717, 1.165) is 43.0 Å². The Hall–Kier alpha value is -2.63. The fourth-order valence-electron chi connectivity index (χ4n) is 3.49. The smallest absolute Gasteiger partial charge is 0.317 e. The summed E-state index contributed by atoms with van der Waals surface area (Å²) >= 11 is 0. The Labute approximate surface area is 154 Å². The van der Waals surface area contributed by atoms with Crippen LogP contribution in [0.3, 0.4) is 0 Å². The molecule has 0 bridgehead atoms. The van der Waals surface area contributed by atoms with Crippen molar-refractivity contribution in [3.8, 4) is 11.5 Å². The quantitative estimate of drug-likeness (QED) is 0.889. The zero-order chi connectivity index (χ0) is 18.5. The lowest BCUT2D eigenvalue weighted by atomic mass is 10.0. The van der Waals surface area contributed by atoms with Crippen LogP contribution in [0, 0.1) is 0 Å². The maximum absolute atomic E-state index is 12.7. The molecular weight excluding hydrogens is 330 g/mol. The van der Waals surface area contributed by atoms with Crippen molar-refractivity contribution in [2.45, 2.75) is 31.8 Å². The number of ether oxygens (including phenoxy) is 2. The molecule has 1 aliphatic rings. The Morgan fingerprint density at radius 3 is 2.46 bits per heavy atom. The summed E-state index contributed by atoms with van der Waals surface area (Å²) in [6.07, 6.45) is 6.13. The van der Waals surface area contributed by atoms with Gasteiger partial charge < -0.3 is 24.3 Å². The molecule has 1 aliphatic heterocycles. The number of benzene rings is 1. The van der Waals surface area contributed by atoms with Gasteiger partial charge in [-0.25, -0.2) is 4.79 Å². The molecule has 6 heteroatoms. The molecular formula is C20H27N3O3. The van der Waals surface area contributed by atoms with Gasteiger partial charge in [0.25, 0.3) is 0 Å². The number of hydrogen-bond acceptors (Lipinski definition) is 3. The van der Waals surface area contributed by atoms with Crippen molar-refractivity contribution in [3.05, 3.63) is 48.3 Å². The molecule has 2 heterocycles. The first kappa shape index (κ1) is 18.2. The average Bonchev–Trinajstić information content (AvgIpc) is 3.22. The Kier molecular flexibility index (Phi) is 5.71. The Morgan fingerprint density at radius 2 is 1.85 bits per heavy atom. The lowest BCUT2D eigenvalue weighted by molar-refractivity contribution is 0.169. The van der Waals surface area contributed by atoms with E-state index in [4.69, 9.17) is 9.47 Å².